The summed E-state index contributed by atoms with van der Waals surface area (Å²) < 4.78 is 0.993. The zero-order valence-corrected chi connectivity index (χ0v) is 15.0. The molecule has 6 nitrogen and oxygen atoms in total. The Morgan fingerprint density at radius 1 is 1.19 bits per heavy atom. The van der Waals surface area contributed by atoms with E-state index in [1.54, 1.807) is 7.05 Å². The highest BCUT2D eigenvalue weighted by Gasteiger charge is 2.59. The van der Waals surface area contributed by atoms with Crippen LogP contribution in [0.3, 0.4) is 0 Å². The molecule has 1 aliphatic heterocycles. The van der Waals surface area contributed by atoms with Crippen LogP contribution in [0.25, 0.3) is 10.2 Å². The predicted octanol–water partition coefficient (Wildman–Crippen LogP) is 2.07. The zero-order chi connectivity index (χ0) is 18.0. The van der Waals surface area contributed by atoms with Crippen LogP contribution in [0.4, 0.5) is 5.13 Å². The minimum Gasteiger partial charge on any atom is -0.290 e. The second-order valence-corrected chi connectivity index (χ2v) is 8.19. The second-order valence-electron chi connectivity index (χ2n) is 7.18. The molecule has 26 heavy (non-hydrogen) atoms. The molecule has 1 saturated carbocycles. The first-order chi connectivity index (χ1) is 12.5. The first-order valence-corrected chi connectivity index (χ1v) is 9.52. The van der Waals surface area contributed by atoms with E-state index in [2.05, 4.69) is 17.1 Å². The fourth-order valence-electron chi connectivity index (χ4n) is 4.47. The number of nitrogens with zero attached hydrogens (tertiary/aromatic N) is 3. The van der Waals surface area contributed by atoms with Crippen molar-refractivity contribution in [3.05, 3.63) is 36.4 Å². The third kappa shape index (κ3) is 2.10. The molecule has 0 radical (unpaired) electrons. The van der Waals surface area contributed by atoms with Crippen molar-refractivity contribution in [2.45, 2.75) is 6.42 Å². The number of imide groups is 1. The fraction of sp³-hybridized carbons (Fsp3) is 0.368. The average molecular weight is 367 g/mol. The summed E-state index contributed by atoms with van der Waals surface area (Å²) in [6.45, 7) is -0.212. The molecular weight excluding hydrogens is 350 g/mol. The van der Waals surface area contributed by atoms with Crippen LogP contribution in [0.5, 0.6) is 0 Å². The highest BCUT2D eigenvalue weighted by molar-refractivity contribution is 7.22. The Morgan fingerprint density at radius 3 is 2.50 bits per heavy atom. The molecule has 2 fully saturated rings. The summed E-state index contributed by atoms with van der Waals surface area (Å²) in [4.78, 5) is 45.2. The van der Waals surface area contributed by atoms with Crippen LogP contribution in [-0.2, 0) is 14.4 Å². The maximum Gasteiger partial charge on any atom is 0.248 e. The van der Waals surface area contributed by atoms with Crippen LogP contribution in [0, 0.1) is 23.7 Å². The number of amides is 3. The van der Waals surface area contributed by atoms with Gasteiger partial charge in [0.2, 0.25) is 17.7 Å². The Kier molecular flexibility index (Phi) is 3.31. The molecular formula is C19H17N3O3S. The molecule has 4 unspecified atom stereocenters. The van der Waals surface area contributed by atoms with Gasteiger partial charge >= 0.3 is 0 Å². The summed E-state index contributed by atoms with van der Waals surface area (Å²) in [7, 11) is 1.64. The SMILES string of the molecule is CN(C(=O)CN1C(=O)C2C3C=CC(C3)C2C1=O)c1nc2ccccc2s1. The van der Waals surface area contributed by atoms with Crippen LogP contribution in [0.1, 0.15) is 6.42 Å². The molecule has 2 heterocycles. The molecule has 0 N–H and O–H groups in total. The number of likely N-dealkylation sites (N-methyl/N-ethyl adjacent to an activating group) is 1. The third-order valence-corrected chi connectivity index (χ3v) is 6.91. The number of thiazole rings is 1. The van der Waals surface area contributed by atoms with E-state index < -0.39 is 0 Å². The van der Waals surface area contributed by atoms with Gasteiger partial charge in [-0.05, 0) is 30.4 Å². The maximum atomic E-state index is 12.7. The monoisotopic (exact) mass is 367 g/mol. The number of allylic oxidation sites excluding steroid dienone is 2. The van der Waals surface area contributed by atoms with E-state index in [-0.39, 0.29) is 47.9 Å². The van der Waals surface area contributed by atoms with Gasteiger partial charge in [-0.25, -0.2) is 4.98 Å². The van der Waals surface area contributed by atoms with Gasteiger partial charge in [-0.1, -0.05) is 35.6 Å². The largest absolute Gasteiger partial charge is 0.290 e. The van der Waals surface area contributed by atoms with E-state index in [9.17, 15) is 14.4 Å². The van der Waals surface area contributed by atoms with Gasteiger partial charge in [0.05, 0.1) is 22.1 Å². The van der Waals surface area contributed by atoms with Crippen molar-refractivity contribution in [1.82, 2.24) is 9.88 Å². The Hall–Kier alpha value is -2.54. The smallest absolute Gasteiger partial charge is 0.248 e. The summed E-state index contributed by atoms with van der Waals surface area (Å²) in [6, 6.07) is 7.67. The van der Waals surface area contributed by atoms with Crippen molar-refractivity contribution >= 4 is 44.4 Å². The van der Waals surface area contributed by atoms with Crippen molar-refractivity contribution in [2.75, 3.05) is 18.5 Å². The van der Waals surface area contributed by atoms with Crippen molar-refractivity contribution in [2.24, 2.45) is 23.7 Å². The topological polar surface area (TPSA) is 70.6 Å². The lowest BCUT2D eigenvalue weighted by Gasteiger charge is -2.20. The number of rotatable bonds is 3. The molecule has 2 bridgehead atoms. The van der Waals surface area contributed by atoms with Gasteiger partial charge in [-0.2, -0.15) is 0 Å². The third-order valence-electron chi connectivity index (χ3n) is 5.80. The van der Waals surface area contributed by atoms with E-state index in [4.69, 9.17) is 0 Å². The van der Waals surface area contributed by atoms with E-state index in [0.29, 0.717) is 5.13 Å². The molecule has 0 spiro atoms. The van der Waals surface area contributed by atoms with Crippen molar-refractivity contribution in [3.63, 3.8) is 0 Å². The van der Waals surface area contributed by atoms with Gasteiger partial charge in [0.1, 0.15) is 6.54 Å². The van der Waals surface area contributed by atoms with Gasteiger partial charge < -0.3 is 0 Å². The maximum absolute atomic E-state index is 12.7. The Balaban J connectivity index is 1.35. The lowest BCUT2D eigenvalue weighted by atomic mass is 9.85. The summed E-state index contributed by atoms with van der Waals surface area (Å²) >= 11 is 1.42. The normalized spacial score (nSPS) is 29.0. The fourth-order valence-corrected chi connectivity index (χ4v) is 5.42. The van der Waals surface area contributed by atoms with Crippen LogP contribution in [-0.4, -0.2) is 41.2 Å². The lowest BCUT2D eigenvalue weighted by Crippen LogP contribution is -2.42. The van der Waals surface area contributed by atoms with Gasteiger partial charge in [-0.15, -0.1) is 0 Å². The van der Waals surface area contributed by atoms with Crippen LogP contribution >= 0.6 is 11.3 Å². The molecule has 7 heteroatoms. The number of fused-ring (bicyclic) bond motifs is 6. The van der Waals surface area contributed by atoms with Crippen LogP contribution in [0.15, 0.2) is 36.4 Å². The molecule has 1 saturated heterocycles. The second kappa shape index (κ2) is 5.48. The quantitative estimate of drug-likeness (QED) is 0.615. The highest BCUT2D eigenvalue weighted by Crippen LogP contribution is 2.52. The molecule has 2 aromatic rings. The van der Waals surface area contributed by atoms with Crippen LogP contribution < -0.4 is 4.90 Å². The predicted molar refractivity (Wildman–Crippen MR) is 97.5 cm³/mol. The molecule has 1 aromatic carbocycles. The van der Waals surface area contributed by atoms with Gasteiger partial charge in [0.15, 0.2) is 5.13 Å². The average Bonchev–Trinajstić information content (AvgIpc) is 3.40. The minimum absolute atomic E-state index is 0.156. The van der Waals surface area contributed by atoms with E-state index in [1.165, 1.54) is 16.2 Å². The van der Waals surface area contributed by atoms with E-state index in [1.807, 2.05) is 24.3 Å². The molecule has 3 aliphatic rings. The lowest BCUT2D eigenvalue weighted by molar-refractivity contribution is -0.143. The number of likely N-dealkylation sites (tertiary alicyclic amines) is 1. The Labute approximate surface area is 154 Å². The summed E-state index contributed by atoms with van der Waals surface area (Å²) in [6.07, 6.45) is 4.99. The summed E-state index contributed by atoms with van der Waals surface area (Å²) in [5, 5.41) is 0.567. The molecule has 132 valence electrons. The molecule has 2 aliphatic carbocycles. The summed E-state index contributed by atoms with van der Waals surface area (Å²) in [5.41, 5.74) is 0.831. The molecule has 4 atom stereocenters. The standard InChI is InChI=1S/C19H17N3O3S/c1-21(19-20-12-4-2-3-5-13(12)26-19)14(23)9-22-17(24)15-10-6-7-11(8-10)16(15)18(22)25/h2-7,10-11,15-16H,8-9H2,1H3. The Morgan fingerprint density at radius 2 is 1.85 bits per heavy atom. The molecule has 1 aromatic heterocycles. The zero-order valence-electron chi connectivity index (χ0n) is 14.2. The number of benzene rings is 1. The van der Waals surface area contributed by atoms with E-state index in [0.717, 1.165) is 21.5 Å². The number of anilines is 1. The van der Waals surface area contributed by atoms with E-state index >= 15 is 0 Å². The van der Waals surface area contributed by atoms with Crippen molar-refractivity contribution in [3.8, 4) is 0 Å². The number of hydrogen-bond donors (Lipinski definition) is 0. The number of carbonyl (C=O) groups excluding carboxylic acids is 3. The van der Waals surface area contributed by atoms with Gasteiger partial charge in [0.25, 0.3) is 0 Å². The summed E-state index contributed by atoms with van der Waals surface area (Å²) in [5.74, 6) is -0.903. The first kappa shape index (κ1) is 15.7. The number of para-hydroxylation sites is 1. The first-order valence-electron chi connectivity index (χ1n) is 8.70. The number of carbonyl (C=O) groups is 3. The molecule has 5 rings (SSSR count). The molecule has 3 amide bonds. The minimum atomic E-state index is -0.300. The Bertz CT molecular complexity index is 918. The van der Waals surface area contributed by atoms with Crippen molar-refractivity contribution < 1.29 is 14.4 Å². The van der Waals surface area contributed by atoms with Gasteiger partial charge in [0, 0.05) is 7.05 Å². The van der Waals surface area contributed by atoms with Crippen molar-refractivity contribution in [1.29, 1.82) is 0 Å². The van der Waals surface area contributed by atoms with Gasteiger partial charge in [-0.3, -0.25) is 24.2 Å². The highest BCUT2D eigenvalue weighted by atomic mass is 32.1. The number of hydrogen-bond acceptors (Lipinski definition) is 5. The van der Waals surface area contributed by atoms with Crippen LogP contribution in [0.2, 0.25) is 0 Å². The number of aromatic nitrogens is 1.